The van der Waals surface area contributed by atoms with Crippen molar-refractivity contribution in [1.82, 2.24) is 4.72 Å². The van der Waals surface area contributed by atoms with Crippen LogP contribution >= 0.6 is 0 Å². The number of sulfonamides is 1. The smallest absolute Gasteiger partial charge is 0.208 e. The summed E-state index contributed by atoms with van der Waals surface area (Å²) in [6, 6.07) is 7.00. The molecule has 90 valence electrons. The van der Waals surface area contributed by atoms with Gasteiger partial charge in [0.2, 0.25) is 10.0 Å². The van der Waals surface area contributed by atoms with Crippen molar-refractivity contribution < 1.29 is 8.42 Å². The highest BCUT2D eigenvalue weighted by atomic mass is 32.2. The lowest BCUT2D eigenvalue weighted by Gasteiger charge is -2.14. The first-order chi connectivity index (χ1) is 7.47. The summed E-state index contributed by atoms with van der Waals surface area (Å²) in [4.78, 5) is 0.373. The lowest BCUT2D eigenvalue weighted by atomic mass is 10.2. The Kier molecular flexibility index (Phi) is 4.50. The molecule has 1 aromatic rings. The van der Waals surface area contributed by atoms with Gasteiger partial charge in [-0.25, -0.2) is 13.1 Å². The minimum Gasteiger partial charge on any atom is -0.208 e. The molecule has 0 aliphatic rings. The van der Waals surface area contributed by atoms with Crippen LogP contribution < -0.4 is 4.72 Å². The Hall–Kier alpha value is -0.870. The number of nitrogens with one attached hydrogen (secondary N) is 1. The van der Waals surface area contributed by atoms with E-state index in [0.717, 1.165) is 18.4 Å². The van der Waals surface area contributed by atoms with Gasteiger partial charge in [-0.05, 0) is 31.9 Å². The molecule has 1 aromatic carbocycles. The summed E-state index contributed by atoms with van der Waals surface area (Å²) in [7, 11) is -3.36. The molecule has 0 saturated heterocycles. The Morgan fingerprint density at radius 1 is 1.31 bits per heavy atom. The highest BCUT2D eigenvalue weighted by molar-refractivity contribution is 7.89. The molecule has 3 nitrogen and oxygen atoms in total. The lowest BCUT2D eigenvalue weighted by Crippen LogP contribution is -2.32. The molecular weight excluding hydrogens is 222 g/mol. The zero-order valence-electron chi connectivity index (χ0n) is 10.0. The van der Waals surface area contributed by atoms with Gasteiger partial charge in [-0.3, -0.25) is 0 Å². The van der Waals surface area contributed by atoms with Crippen molar-refractivity contribution >= 4 is 10.0 Å². The molecule has 0 bridgehead atoms. The Labute approximate surface area is 97.9 Å². The number of benzene rings is 1. The second-order valence-corrected chi connectivity index (χ2v) is 5.76. The van der Waals surface area contributed by atoms with Gasteiger partial charge < -0.3 is 0 Å². The van der Waals surface area contributed by atoms with Gasteiger partial charge in [-0.2, -0.15) is 0 Å². The molecule has 0 spiro atoms. The van der Waals surface area contributed by atoms with Crippen LogP contribution in [0.15, 0.2) is 29.2 Å². The Morgan fingerprint density at radius 3 is 2.50 bits per heavy atom. The van der Waals surface area contributed by atoms with Gasteiger partial charge in [-0.1, -0.05) is 31.5 Å². The molecule has 0 fully saturated rings. The predicted molar refractivity (Wildman–Crippen MR) is 65.9 cm³/mol. The second-order valence-electron chi connectivity index (χ2n) is 4.08. The van der Waals surface area contributed by atoms with Gasteiger partial charge in [0.1, 0.15) is 0 Å². The SMILES string of the molecule is CCC[C@@H](C)NS(=O)(=O)c1ccccc1C. The van der Waals surface area contributed by atoms with Crippen molar-refractivity contribution in [1.29, 1.82) is 0 Å². The van der Waals surface area contributed by atoms with E-state index in [9.17, 15) is 8.42 Å². The minimum atomic E-state index is -3.36. The third-order valence-electron chi connectivity index (χ3n) is 2.46. The highest BCUT2D eigenvalue weighted by Crippen LogP contribution is 2.14. The topological polar surface area (TPSA) is 46.2 Å². The fraction of sp³-hybridized carbons (Fsp3) is 0.500. The summed E-state index contributed by atoms with van der Waals surface area (Å²) in [5.74, 6) is 0. The second kappa shape index (κ2) is 5.46. The van der Waals surface area contributed by atoms with E-state index < -0.39 is 10.0 Å². The maximum absolute atomic E-state index is 12.0. The van der Waals surface area contributed by atoms with E-state index in [4.69, 9.17) is 0 Å². The average molecular weight is 241 g/mol. The minimum absolute atomic E-state index is 0.0189. The van der Waals surface area contributed by atoms with Crippen LogP contribution in [-0.4, -0.2) is 14.5 Å². The van der Waals surface area contributed by atoms with E-state index in [1.165, 1.54) is 0 Å². The van der Waals surface area contributed by atoms with Crippen molar-refractivity contribution in [2.24, 2.45) is 0 Å². The van der Waals surface area contributed by atoms with Gasteiger partial charge in [0.25, 0.3) is 0 Å². The van der Waals surface area contributed by atoms with Crippen molar-refractivity contribution in [3.8, 4) is 0 Å². The van der Waals surface area contributed by atoms with Crippen LogP contribution in [0.4, 0.5) is 0 Å². The molecule has 1 rings (SSSR count). The molecular formula is C12H19NO2S. The standard InChI is InChI=1S/C12H19NO2S/c1-4-7-11(3)13-16(14,15)12-9-6-5-8-10(12)2/h5-6,8-9,11,13H,4,7H2,1-3H3/t11-/m1/s1. The summed E-state index contributed by atoms with van der Waals surface area (Å²) in [5.41, 5.74) is 0.777. The van der Waals surface area contributed by atoms with Crippen molar-refractivity contribution in [3.63, 3.8) is 0 Å². The van der Waals surface area contributed by atoms with E-state index in [0.29, 0.717) is 4.90 Å². The molecule has 0 unspecified atom stereocenters. The molecule has 0 heterocycles. The number of aryl methyl sites for hydroxylation is 1. The van der Waals surface area contributed by atoms with Gasteiger partial charge in [0, 0.05) is 6.04 Å². The normalized spacial score (nSPS) is 13.7. The van der Waals surface area contributed by atoms with Crippen LogP contribution in [0.5, 0.6) is 0 Å². The lowest BCUT2D eigenvalue weighted by molar-refractivity contribution is 0.543. The summed E-state index contributed by atoms with van der Waals surface area (Å²) < 4.78 is 26.7. The molecule has 0 amide bonds. The Morgan fingerprint density at radius 2 is 1.94 bits per heavy atom. The zero-order valence-corrected chi connectivity index (χ0v) is 10.8. The van der Waals surface area contributed by atoms with Crippen LogP contribution in [0, 0.1) is 6.92 Å². The zero-order chi connectivity index (χ0) is 12.2. The van der Waals surface area contributed by atoms with Gasteiger partial charge in [0.05, 0.1) is 4.90 Å². The van der Waals surface area contributed by atoms with E-state index in [-0.39, 0.29) is 6.04 Å². The molecule has 16 heavy (non-hydrogen) atoms. The van der Waals surface area contributed by atoms with E-state index in [2.05, 4.69) is 4.72 Å². The Balaban J connectivity index is 2.91. The fourth-order valence-electron chi connectivity index (χ4n) is 1.68. The van der Waals surface area contributed by atoms with E-state index >= 15 is 0 Å². The van der Waals surface area contributed by atoms with Crippen LogP contribution in [0.25, 0.3) is 0 Å². The highest BCUT2D eigenvalue weighted by Gasteiger charge is 2.18. The monoisotopic (exact) mass is 241 g/mol. The molecule has 0 aromatic heterocycles. The van der Waals surface area contributed by atoms with Crippen molar-refractivity contribution in [2.45, 2.75) is 44.6 Å². The molecule has 1 atom stereocenters. The number of rotatable bonds is 5. The first-order valence-corrected chi connectivity index (χ1v) is 7.03. The van der Waals surface area contributed by atoms with Crippen LogP contribution in [0.1, 0.15) is 32.3 Å². The van der Waals surface area contributed by atoms with E-state index in [1.54, 1.807) is 25.1 Å². The Bertz CT molecular complexity index is 440. The number of hydrogen-bond acceptors (Lipinski definition) is 2. The molecule has 1 N–H and O–H groups in total. The summed E-state index contributed by atoms with van der Waals surface area (Å²) in [6.45, 7) is 5.73. The van der Waals surface area contributed by atoms with Crippen LogP contribution in [-0.2, 0) is 10.0 Å². The first-order valence-electron chi connectivity index (χ1n) is 5.55. The summed E-state index contributed by atoms with van der Waals surface area (Å²) in [5, 5.41) is 0. The number of hydrogen-bond donors (Lipinski definition) is 1. The maximum atomic E-state index is 12.0. The third kappa shape index (κ3) is 3.32. The third-order valence-corrected chi connectivity index (χ3v) is 4.21. The summed E-state index contributed by atoms with van der Waals surface area (Å²) >= 11 is 0. The van der Waals surface area contributed by atoms with Crippen molar-refractivity contribution in [2.75, 3.05) is 0 Å². The largest absolute Gasteiger partial charge is 0.241 e. The van der Waals surface area contributed by atoms with Gasteiger partial charge >= 0.3 is 0 Å². The molecule has 0 aliphatic carbocycles. The molecule has 4 heteroatoms. The summed E-state index contributed by atoms with van der Waals surface area (Å²) in [6.07, 6.45) is 1.82. The van der Waals surface area contributed by atoms with E-state index in [1.807, 2.05) is 19.9 Å². The van der Waals surface area contributed by atoms with Gasteiger partial charge in [0.15, 0.2) is 0 Å². The predicted octanol–water partition coefficient (Wildman–Crippen LogP) is 2.46. The maximum Gasteiger partial charge on any atom is 0.241 e. The van der Waals surface area contributed by atoms with Crippen LogP contribution in [0.3, 0.4) is 0 Å². The molecule has 0 saturated carbocycles. The first kappa shape index (κ1) is 13.2. The molecule has 0 aliphatic heterocycles. The quantitative estimate of drug-likeness (QED) is 0.860. The molecule has 0 radical (unpaired) electrons. The van der Waals surface area contributed by atoms with Gasteiger partial charge in [-0.15, -0.1) is 0 Å². The fourth-order valence-corrected chi connectivity index (χ4v) is 3.20. The average Bonchev–Trinajstić information content (AvgIpc) is 2.17. The van der Waals surface area contributed by atoms with Crippen molar-refractivity contribution in [3.05, 3.63) is 29.8 Å². The van der Waals surface area contributed by atoms with Crippen LogP contribution in [0.2, 0.25) is 0 Å².